The Morgan fingerprint density at radius 1 is 1.24 bits per heavy atom. The van der Waals surface area contributed by atoms with E-state index in [4.69, 9.17) is 9.47 Å². The topological polar surface area (TPSA) is 53.4 Å². The molecule has 0 aliphatic carbocycles. The van der Waals surface area contributed by atoms with E-state index in [2.05, 4.69) is 38.7 Å². The summed E-state index contributed by atoms with van der Waals surface area (Å²) in [5.74, 6) is 0.768. The third kappa shape index (κ3) is 4.31. The van der Waals surface area contributed by atoms with Gasteiger partial charge >= 0.3 is 6.01 Å². The standard InChI is InChI=1S/C23H31FN2O3/c1-7-22(4,5)18-10-9-16(11-15(18)3)28-14-17-13-26-19(23(6,24)8-2)12-20(27)25-21(26)29-17/h9-12,17H,7-8,13-14H2,1-6H3. The first kappa shape index (κ1) is 21.3. The number of benzene rings is 1. The molecule has 2 aromatic rings. The monoisotopic (exact) mass is 402 g/mol. The van der Waals surface area contributed by atoms with Crippen LogP contribution in [0, 0.1) is 6.92 Å². The van der Waals surface area contributed by atoms with Crippen molar-refractivity contribution in [3.63, 3.8) is 0 Å². The van der Waals surface area contributed by atoms with E-state index in [9.17, 15) is 9.18 Å². The van der Waals surface area contributed by atoms with Crippen LogP contribution in [0.15, 0.2) is 29.1 Å². The SMILES string of the molecule is CCC(C)(C)c1ccc(OCC2Cn3c(C(C)(F)CC)cc(=O)nc3O2)cc1C. The van der Waals surface area contributed by atoms with E-state index in [0.717, 1.165) is 12.2 Å². The molecule has 1 aliphatic rings. The molecule has 3 rings (SSSR count). The lowest BCUT2D eigenvalue weighted by Crippen LogP contribution is -2.26. The smallest absolute Gasteiger partial charge is 0.300 e. The third-order valence-corrected chi connectivity index (χ3v) is 6.09. The second kappa shape index (κ2) is 7.81. The van der Waals surface area contributed by atoms with Crippen molar-refractivity contribution in [3.05, 3.63) is 51.4 Å². The molecule has 1 aromatic carbocycles. The summed E-state index contributed by atoms with van der Waals surface area (Å²) in [6.07, 6.45) is 0.987. The summed E-state index contributed by atoms with van der Waals surface area (Å²) in [5.41, 5.74) is 0.816. The Hall–Kier alpha value is -2.37. The molecule has 158 valence electrons. The maximum atomic E-state index is 14.9. The normalized spacial score (nSPS) is 18.1. The predicted octanol–water partition coefficient (Wildman–Crippen LogP) is 4.67. The molecule has 0 bridgehead atoms. The van der Waals surface area contributed by atoms with Crippen LogP contribution < -0.4 is 15.0 Å². The Morgan fingerprint density at radius 2 is 1.97 bits per heavy atom. The van der Waals surface area contributed by atoms with Gasteiger partial charge in [-0.25, -0.2) is 4.39 Å². The molecule has 0 amide bonds. The number of ether oxygens (including phenoxy) is 2. The molecule has 0 N–H and O–H groups in total. The van der Waals surface area contributed by atoms with E-state index < -0.39 is 11.2 Å². The van der Waals surface area contributed by atoms with Gasteiger partial charge in [0.05, 0.1) is 12.2 Å². The van der Waals surface area contributed by atoms with Gasteiger partial charge in [0.15, 0.2) is 6.10 Å². The maximum absolute atomic E-state index is 14.9. The van der Waals surface area contributed by atoms with Crippen LogP contribution in [0.2, 0.25) is 0 Å². The van der Waals surface area contributed by atoms with E-state index >= 15 is 0 Å². The number of rotatable bonds is 7. The lowest BCUT2D eigenvalue weighted by Gasteiger charge is -2.26. The van der Waals surface area contributed by atoms with Gasteiger partial charge in [0.25, 0.3) is 5.56 Å². The number of aryl methyl sites for hydroxylation is 1. The molecular weight excluding hydrogens is 371 g/mol. The fourth-order valence-corrected chi connectivity index (χ4v) is 3.71. The summed E-state index contributed by atoms with van der Waals surface area (Å²) >= 11 is 0. The van der Waals surface area contributed by atoms with Crippen LogP contribution in [0.4, 0.5) is 4.39 Å². The summed E-state index contributed by atoms with van der Waals surface area (Å²) in [6.45, 7) is 12.7. The van der Waals surface area contributed by atoms with Crippen molar-refractivity contribution in [2.45, 2.75) is 78.1 Å². The van der Waals surface area contributed by atoms with Crippen LogP contribution in [-0.4, -0.2) is 22.3 Å². The average molecular weight is 403 g/mol. The quantitative estimate of drug-likeness (QED) is 0.675. The molecule has 0 saturated heterocycles. The molecule has 0 saturated carbocycles. The van der Waals surface area contributed by atoms with E-state index in [0.29, 0.717) is 18.8 Å². The van der Waals surface area contributed by atoms with Crippen molar-refractivity contribution in [1.29, 1.82) is 0 Å². The zero-order chi connectivity index (χ0) is 21.4. The Labute approximate surface area is 171 Å². The van der Waals surface area contributed by atoms with Crippen LogP contribution in [-0.2, 0) is 17.6 Å². The number of hydrogen-bond donors (Lipinski definition) is 0. The highest BCUT2D eigenvalue weighted by Crippen LogP contribution is 2.33. The number of aromatic nitrogens is 2. The Kier molecular flexibility index (Phi) is 5.74. The minimum atomic E-state index is -1.62. The molecule has 1 aliphatic heterocycles. The van der Waals surface area contributed by atoms with Gasteiger partial charge in [-0.1, -0.05) is 33.8 Å². The molecule has 6 heteroatoms. The first-order valence-corrected chi connectivity index (χ1v) is 10.3. The molecule has 29 heavy (non-hydrogen) atoms. The van der Waals surface area contributed by atoms with Gasteiger partial charge in [0.2, 0.25) is 0 Å². The largest absolute Gasteiger partial charge is 0.490 e. The summed E-state index contributed by atoms with van der Waals surface area (Å²) in [7, 11) is 0. The average Bonchev–Trinajstić information content (AvgIpc) is 3.08. The lowest BCUT2D eigenvalue weighted by molar-refractivity contribution is 0.143. The van der Waals surface area contributed by atoms with Crippen molar-refractivity contribution < 1.29 is 13.9 Å². The van der Waals surface area contributed by atoms with Gasteiger partial charge in [0, 0.05) is 6.07 Å². The minimum absolute atomic E-state index is 0.117. The summed E-state index contributed by atoms with van der Waals surface area (Å²) < 4.78 is 28.3. The molecule has 1 aromatic heterocycles. The highest BCUT2D eigenvalue weighted by molar-refractivity contribution is 5.38. The van der Waals surface area contributed by atoms with Crippen LogP contribution in [0.3, 0.4) is 0 Å². The first-order chi connectivity index (χ1) is 13.6. The second-order valence-corrected chi connectivity index (χ2v) is 8.69. The Bertz CT molecular complexity index is 950. The summed E-state index contributed by atoms with van der Waals surface area (Å²) in [6, 6.07) is 7.56. The Balaban J connectivity index is 1.73. The van der Waals surface area contributed by atoms with Gasteiger partial charge in [0.1, 0.15) is 18.0 Å². The third-order valence-electron chi connectivity index (χ3n) is 6.09. The van der Waals surface area contributed by atoms with Crippen LogP contribution >= 0.6 is 0 Å². The fourth-order valence-electron chi connectivity index (χ4n) is 3.71. The van der Waals surface area contributed by atoms with Crippen LogP contribution in [0.25, 0.3) is 0 Å². The van der Waals surface area contributed by atoms with E-state index in [1.54, 1.807) is 11.5 Å². The zero-order valence-electron chi connectivity index (χ0n) is 18.2. The molecule has 2 atom stereocenters. The molecule has 2 unspecified atom stereocenters. The zero-order valence-corrected chi connectivity index (χ0v) is 18.2. The van der Waals surface area contributed by atoms with Crippen molar-refractivity contribution in [3.8, 4) is 11.8 Å². The Morgan fingerprint density at radius 3 is 2.59 bits per heavy atom. The number of nitrogens with zero attached hydrogens (tertiary/aromatic N) is 2. The number of halogens is 1. The summed E-state index contributed by atoms with van der Waals surface area (Å²) in [5, 5.41) is 0. The predicted molar refractivity (Wildman–Crippen MR) is 112 cm³/mol. The van der Waals surface area contributed by atoms with Crippen molar-refractivity contribution in [1.82, 2.24) is 9.55 Å². The first-order valence-electron chi connectivity index (χ1n) is 10.3. The van der Waals surface area contributed by atoms with Crippen molar-refractivity contribution >= 4 is 0 Å². The highest BCUT2D eigenvalue weighted by atomic mass is 19.1. The second-order valence-electron chi connectivity index (χ2n) is 8.69. The molecule has 0 radical (unpaired) electrons. The van der Waals surface area contributed by atoms with Gasteiger partial charge in [-0.3, -0.25) is 9.36 Å². The minimum Gasteiger partial charge on any atom is -0.490 e. The van der Waals surface area contributed by atoms with Gasteiger partial charge < -0.3 is 9.47 Å². The van der Waals surface area contributed by atoms with E-state index in [1.165, 1.54) is 24.1 Å². The van der Waals surface area contributed by atoms with Gasteiger partial charge in [-0.05, 0) is 55.4 Å². The van der Waals surface area contributed by atoms with Crippen molar-refractivity contribution in [2.75, 3.05) is 6.61 Å². The number of alkyl halides is 1. The molecule has 0 spiro atoms. The maximum Gasteiger partial charge on any atom is 0.300 e. The highest BCUT2D eigenvalue weighted by Gasteiger charge is 2.34. The number of hydrogen-bond acceptors (Lipinski definition) is 4. The molecule has 0 fully saturated rings. The molecule has 2 heterocycles. The molecule has 5 nitrogen and oxygen atoms in total. The fraction of sp³-hybridized carbons (Fsp3) is 0.565. The molecular formula is C23H31FN2O3. The van der Waals surface area contributed by atoms with E-state index in [-0.39, 0.29) is 24.0 Å². The van der Waals surface area contributed by atoms with Gasteiger partial charge in [-0.15, -0.1) is 0 Å². The van der Waals surface area contributed by atoms with Crippen LogP contribution in [0.5, 0.6) is 11.8 Å². The van der Waals surface area contributed by atoms with Crippen LogP contribution in [0.1, 0.15) is 64.3 Å². The van der Waals surface area contributed by atoms with Crippen molar-refractivity contribution in [2.24, 2.45) is 0 Å². The van der Waals surface area contributed by atoms with E-state index in [1.807, 2.05) is 12.1 Å². The van der Waals surface area contributed by atoms with Gasteiger partial charge in [-0.2, -0.15) is 4.98 Å². The summed E-state index contributed by atoms with van der Waals surface area (Å²) in [4.78, 5) is 15.8. The lowest BCUT2D eigenvalue weighted by atomic mass is 9.80. The number of fused-ring (bicyclic) bond motifs is 1.